The molecule has 0 saturated heterocycles. The lowest BCUT2D eigenvalue weighted by Crippen LogP contribution is -2.12. The largest absolute Gasteiger partial charge is 0.366 e. The van der Waals surface area contributed by atoms with Gasteiger partial charge in [-0.05, 0) is 40.4 Å². The maximum Gasteiger partial charge on any atom is 0.251 e. The van der Waals surface area contributed by atoms with Gasteiger partial charge in [0.1, 0.15) is 4.60 Å². The fourth-order valence-electron chi connectivity index (χ4n) is 1.18. The van der Waals surface area contributed by atoms with Crippen LogP contribution in [0, 0.1) is 0 Å². The van der Waals surface area contributed by atoms with Crippen LogP contribution in [0.1, 0.15) is 35.7 Å². The molecule has 0 fully saturated rings. The summed E-state index contributed by atoms with van der Waals surface area (Å²) in [5.74, 6) is -0.442. The third-order valence-electron chi connectivity index (χ3n) is 1.98. The van der Waals surface area contributed by atoms with Crippen molar-refractivity contribution in [1.29, 1.82) is 0 Å². The Labute approximate surface area is 91.8 Å². The first-order chi connectivity index (χ1) is 6.65. The molecule has 0 aromatic carbocycles. The minimum Gasteiger partial charge on any atom is -0.366 e. The Balaban J connectivity index is 2.89. The van der Waals surface area contributed by atoms with Crippen LogP contribution in [-0.4, -0.2) is 10.9 Å². The van der Waals surface area contributed by atoms with Crippen LogP contribution in [0.5, 0.6) is 0 Å². The second kappa shape index (κ2) is 5.10. The number of hydrogen-bond donors (Lipinski definition) is 1. The first-order valence-electron chi connectivity index (χ1n) is 4.59. The summed E-state index contributed by atoms with van der Waals surface area (Å²) in [4.78, 5) is 15.1. The second-order valence-corrected chi connectivity index (χ2v) is 3.90. The fourth-order valence-corrected chi connectivity index (χ4v) is 1.59. The Bertz CT molecular complexity index is 339. The third-order valence-corrected chi connectivity index (χ3v) is 2.61. The van der Waals surface area contributed by atoms with Crippen LogP contribution in [0.2, 0.25) is 0 Å². The number of nitrogens with zero attached hydrogens (tertiary/aromatic N) is 1. The van der Waals surface area contributed by atoms with Gasteiger partial charge in [0.25, 0.3) is 5.91 Å². The molecule has 0 unspecified atom stereocenters. The summed E-state index contributed by atoms with van der Waals surface area (Å²) >= 11 is 3.19. The van der Waals surface area contributed by atoms with Crippen LogP contribution in [0.4, 0.5) is 0 Å². The minimum absolute atomic E-state index is 0.442. The number of aryl methyl sites for hydroxylation is 1. The van der Waals surface area contributed by atoms with Gasteiger partial charge >= 0.3 is 0 Å². The summed E-state index contributed by atoms with van der Waals surface area (Å²) < 4.78 is 0.519. The molecule has 0 atom stereocenters. The zero-order chi connectivity index (χ0) is 10.6. The molecule has 0 bridgehead atoms. The monoisotopic (exact) mass is 256 g/mol. The molecule has 1 aromatic heterocycles. The number of nitrogens with two attached hydrogens (primary N) is 1. The molecule has 14 heavy (non-hydrogen) atoms. The van der Waals surface area contributed by atoms with Crippen molar-refractivity contribution in [2.24, 2.45) is 5.73 Å². The van der Waals surface area contributed by atoms with E-state index in [1.54, 1.807) is 12.3 Å². The molecule has 0 aliphatic carbocycles. The van der Waals surface area contributed by atoms with Crippen LogP contribution in [0.25, 0.3) is 0 Å². The Morgan fingerprint density at radius 3 is 2.93 bits per heavy atom. The van der Waals surface area contributed by atoms with Crippen molar-refractivity contribution < 1.29 is 4.79 Å². The number of rotatable bonds is 4. The molecule has 0 spiro atoms. The van der Waals surface area contributed by atoms with Gasteiger partial charge in [0, 0.05) is 6.20 Å². The quantitative estimate of drug-likeness (QED) is 0.841. The number of aromatic nitrogens is 1. The lowest BCUT2D eigenvalue weighted by Gasteiger charge is -2.03. The number of amides is 1. The van der Waals surface area contributed by atoms with E-state index in [4.69, 9.17) is 5.73 Å². The number of carbonyl (C=O) groups is 1. The van der Waals surface area contributed by atoms with Crippen molar-refractivity contribution in [1.82, 2.24) is 4.98 Å². The molecule has 4 heteroatoms. The molecule has 1 aromatic rings. The highest BCUT2D eigenvalue weighted by Crippen LogP contribution is 2.15. The van der Waals surface area contributed by atoms with Crippen LogP contribution >= 0.6 is 15.9 Å². The van der Waals surface area contributed by atoms with E-state index in [1.807, 2.05) is 0 Å². The van der Waals surface area contributed by atoms with Gasteiger partial charge < -0.3 is 5.73 Å². The number of hydrogen-bond acceptors (Lipinski definition) is 2. The molecule has 0 radical (unpaired) electrons. The zero-order valence-corrected chi connectivity index (χ0v) is 9.67. The lowest BCUT2D eigenvalue weighted by atomic mass is 10.1. The van der Waals surface area contributed by atoms with Crippen LogP contribution in [0.15, 0.2) is 16.9 Å². The summed E-state index contributed by atoms with van der Waals surface area (Å²) in [7, 11) is 0. The first-order valence-corrected chi connectivity index (χ1v) is 5.38. The third kappa shape index (κ3) is 2.80. The fraction of sp³-hybridized carbons (Fsp3) is 0.400. The van der Waals surface area contributed by atoms with Gasteiger partial charge in [-0.15, -0.1) is 0 Å². The second-order valence-electron chi connectivity index (χ2n) is 3.15. The molecule has 0 saturated carbocycles. The number of halogens is 1. The van der Waals surface area contributed by atoms with E-state index in [1.165, 1.54) is 0 Å². The smallest absolute Gasteiger partial charge is 0.251 e. The summed E-state index contributed by atoms with van der Waals surface area (Å²) in [5.41, 5.74) is 6.72. The molecule has 76 valence electrons. The van der Waals surface area contributed by atoms with Gasteiger partial charge in [0.05, 0.1) is 5.56 Å². The van der Waals surface area contributed by atoms with Crippen molar-refractivity contribution in [3.8, 4) is 0 Å². The van der Waals surface area contributed by atoms with Crippen LogP contribution in [0.3, 0.4) is 0 Å². The van der Waals surface area contributed by atoms with Crippen molar-refractivity contribution >= 4 is 21.8 Å². The Morgan fingerprint density at radius 2 is 2.36 bits per heavy atom. The van der Waals surface area contributed by atoms with E-state index in [0.29, 0.717) is 10.2 Å². The highest BCUT2D eigenvalue weighted by molar-refractivity contribution is 9.10. The van der Waals surface area contributed by atoms with Crippen molar-refractivity contribution in [3.63, 3.8) is 0 Å². The molecule has 3 nitrogen and oxygen atoms in total. The summed E-state index contributed by atoms with van der Waals surface area (Å²) in [6.45, 7) is 2.13. The Kier molecular flexibility index (Phi) is 4.07. The van der Waals surface area contributed by atoms with E-state index in [9.17, 15) is 4.79 Å². The average molecular weight is 257 g/mol. The van der Waals surface area contributed by atoms with Gasteiger partial charge in [0.2, 0.25) is 0 Å². The maximum absolute atomic E-state index is 11.0. The summed E-state index contributed by atoms with van der Waals surface area (Å²) in [5, 5.41) is 0. The van der Waals surface area contributed by atoms with E-state index in [0.717, 1.165) is 24.8 Å². The molecule has 1 amide bonds. The molecular formula is C10H13BrN2O. The summed E-state index contributed by atoms with van der Waals surface area (Å²) in [6, 6.07) is 1.80. The minimum atomic E-state index is -0.442. The Morgan fingerprint density at radius 1 is 1.64 bits per heavy atom. The van der Waals surface area contributed by atoms with Gasteiger partial charge in [0.15, 0.2) is 0 Å². The van der Waals surface area contributed by atoms with Crippen molar-refractivity contribution in [3.05, 3.63) is 28.0 Å². The number of primary amides is 1. The molecule has 1 heterocycles. The SMILES string of the molecule is CCCCc1cnc(Br)c(C(N)=O)c1. The predicted molar refractivity (Wildman–Crippen MR) is 59.1 cm³/mol. The topological polar surface area (TPSA) is 56.0 Å². The van der Waals surface area contributed by atoms with Gasteiger partial charge in [-0.3, -0.25) is 4.79 Å². The van der Waals surface area contributed by atoms with Crippen LogP contribution in [-0.2, 0) is 6.42 Å². The number of unbranched alkanes of at least 4 members (excludes halogenated alkanes) is 1. The van der Waals surface area contributed by atoms with Crippen LogP contribution < -0.4 is 5.73 Å². The van der Waals surface area contributed by atoms with E-state index in [2.05, 4.69) is 27.8 Å². The maximum atomic E-state index is 11.0. The number of pyridine rings is 1. The molecule has 2 N–H and O–H groups in total. The zero-order valence-electron chi connectivity index (χ0n) is 8.09. The highest BCUT2D eigenvalue weighted by atomic mass is 79.9. The standard InChI is InChI=1S/C10H13BrN2O/c1-2-3-4-7-5-8(10(12)14)9(11)13-6-7/h5-6H,2-4H2,1H3,(H2,12,14). The van der Waals surface area contributed by atoms with E-state index in [-0.39, 0.29) is 0 Å². The van der Waals surface area contributed by atoms with Gasteiger partial charge in [-0.1, -0.05) is 13.3 Å². The molecular weight excluding hydrogens is 244 g/mol. The Hall–Kier alpha value is -0.900. The predicted octanol–water partition coefficient (Wildman–Crippen LogP) is 2.29. The summed E-state index contributed by atoms with van der Waals surface area (Å²) in [6.07, 6.45) is 4.94. The number of carbonyl (C=O) groups excluding carboxylic acids is 1. The van der Waals surface area contributed by atoms with E-state index >= 15 is 0 Å². The molecule has 0 aliphatic heterocycles. The van der Waals surface area contributed by atoms with E-state index < -0.39 is 5.91 Å². The average Bonchev–Trinajstić information content (AvgIpc) is 2.16. The normalized spacial score (nSPS) is 10.1. The first kappa shape index (κ1) is 11.2. The van der Waals surface area contributed by atoms with Gasteiger partial charge in [-0.2, -0.15) is 0 Å². The lowest BCUT2D eigenvalue weighted by molar-refractivity contribution is 0.0999. The van der Waals surface area contributed by atoms with Gasteiger partial charge in [-0.25, -0.2) is 4.98 Å². The van der Waals surface area contributed by atoms with Crippen molar-refractivity contribution in [2.75, 3.05) is 0 Å². The molecule has 0 aliphatic rings. The van der Waals surface area contributed by atoms with Crippen molar-refractivity contribution in [2.45, 2.75) is 26.2 Å². The highest BCUT2D eigenvalue weighted by Gasteiger charge is 2.07. The molecule has 1 rings (SSSR count).